The molecule has 2 N–H and O–H groups in total. The number of nitrogens with one attached hydrogen (secondary N) is 2. The van der Waals surface area contributed by atoms with Crippen LogP contribution in [0.2, 0.25) is 0 Å². The summed E-state index contributed by atoms with van der Waals surface area (Å²) in [6.45, 7) is 5.94. The Balaban J connectivity index is 1.41. The first kappa shape index (κ1) is 22.4. The molecule has 1 aliphatic heterocycles. The fourth-order valence-corrected chi connectivity index (χ4v) is 3.86. The monoisotopic (exact) mass is 449 g/mol. The first-order valence-electron chi connectivity index (χ1n) is 10.7. The molecule has 172 valence electrons. The Kier molecular flexibility index (Phi) is 6.57. The first-order valence-corrected chi connectivity index (χ1v) is 10.7. The normalized spacial score (nSPS) is 15.9. The van der Waals surface area contributed by atoms with Crippen molar-refractivity contribution < 1.29 is 27.6 Å². The molecule has 1 saturated heterocycles. The molecule has 0 amide bonds. The molecule has 0 unspecified atom stereocenters. The second-order valence-electron chi connectivity index (χ2n) is 8.10. The minimum absolute atomic E-state index is 0.387. The van der Waals surface area contributed by atoms with E-state index < -0.39 is 11.7 Å². The molecule has 2 heterocycles. The van der Waals surface area contributed by atoms with Crippen molar-refractivity contribution in [1.29, 1.82) is 0 Å². The number of fused-ring (bicyclic) bond motifs is 1. The van der Waals surface area contributed by atoms with Gasteiger partial charge in [-0.05, 0) is 43.8 Å². The first-order chi connectivity index (χ1) is 15.3. The fraction of sp³-hybridized carbons (Fsp3) is 0.435. The second-order valence-corrected chi connectivity index (χ2v) is 8.10. The number of benzene rings is 2. The van der Waals surface area contributed by atoms with E-state index in [0.717, 1.165) is 56.8 Å². The third-order valence-electron chi connectivity index (χ3n) is 5.79. The summed E-state index contributed by atoms with van der Waals surface area (Å²) in [5.74, 6) is 1.81. The van der Waals surface area contributed by atoms with E-state index in [-0.39, 0.29) is 0 Å². The summed E-state index contributed by atoms with van der Waals surface area (Å²) < 4.78 is 50.4. The Labute approximate surface area is 184 Å². The number of methoxy groups -OCH3 is 1. The molecule has 0 bridgehead atoms. The highest BCUT2D eigenvalue weighted by Gasteiger charge is 2.31. The quantitative estimate of drug-likeness (QED) is 0.559. The predicted molar refractivity (Wildman–Crippen MR) is 116 cm³/mol. The number of H-pyrrole nitrogens is 2. The SMILES string of the molecule is COc1cc(-c2[nH]c3cc(C(F)(F)F)ccc3[nH+]2)ccc1OCCCN1CCN(C)CC1. The number of ether oxygens (including phenoxy) is 2. The van der Waals surface area contributed by atoms with Gasteiger partial charge in [0.15, 0.2) is 22.5 Å². The van der Waals surface area contributed by atoms with Gasteiger partial charge in [0, 0.05) is 38.8 Å². The van der Waals surface area contributed by atoms with Crippen LogP contribution in [0.3, 0.4) is 0 Å². The number of imidazole rings is 1. The lowest BCUT2D eigenvalue weighted by Gasteiger charge is -2.32. The van der Waals surface area contributed by atoms with Gasteiger partial charge in [-0.1, -0.05) is 0 Å². The average molecular weight is 449 g/mol. The number of aromatic nitrogens is 2. The molecule has 9 heteroatoms. The number of rotatable bonds is 7. The van der Waals surface area contributed by atoms with Gasteiger partial charge in [0.25, 0.3) is 5.82 Å². The van der Waals surface area contributed by atoms with Crippen molar-refractivity contribution in [2.75, 3.05) is 53.5 Å². The van der Waals surface area contributed by atoms with Crippen molar-refractivity contribution in [3.05, 3.63) is 42.0 Å². The number of piperazine rings is 1. The van der Waals surface area contributed by atoms with Gasteiger partial charge in [0.2, 0.25) is 0 Å². The lowest BCUT2D eigenvalue weighted by atomic mass is 10.2. The van der Waals surface area contributed by atoms with Crippen LogP contribution in [0.25, 0.3) is 22.4 Å². The number of alkyl halides is 3. The summed E-state index contributed by atoms with van der Waals surface area (Å²) in [5.41, 5.74) is 1.05. The van der Waals surface area contributed by atoms with E-state index in [1.807, 2.05) is 18.2 Å². The highest BCUT2D eigenvalue weighted by molar-refractivity contribution is 5.75. The Hall–Kier alpha value is -2.78. The zero-order chi connectivity index (χ0) is 22.7. The number of hydrogen-bond acceptors (Lipinski definition) is 4. The van der Waals surface area contributed by atoms with Gasteiger partial charge in [-0.3, -0.25) is 0 Å². The van der Waals surface area contributed by atoms with Crippen LogP contribution in [0.4, 0.5) is 13.2 Å². The number of likely N-dealkylation sites (N-methyl/N-ethyl adjacent to an activating group) is 1. The van der Waals surface area contributed by atoms with Crippen molar-refractivity contribution in [1.82, 2.24) is 14.8 Å². The van der Waals surface area contributed by atoms with Crippen LogP contribution < -0.4 is 14.5 Å². The van der Waals surface area contributed by atoms with E-state index in [9.17, 15) is 13.2 Å². The molecule has 1 aromatic heterocycles. The van der Waals surface area contributed by atoms with Crippen LogP contribution in [0.15, 0.2) is 36.4 Å². The fourth-order valence-electron chi connectivity index (χ4n) is 3.86. The predicted octanol–water partition coefficient (Wildman–Crippen LogP) is 3.69. The molecule has 3 aromatic rings. The standard InChI is InChI=1S/C23H27F3N4O2/c1-29-9-11-30(12-10-29)8-3-13-32-20-7-4-16(14-21(20)31-2)22-27-18-6-5-17(23(24,25)26)15-19(18)28-22/h4-7,14-15H,3,8-13H2,1-2H3,(H,27,28)/p+1. The lowest BCUT2D eigenvalue weighted by Crippen LogP contribution is -2.44. The van der Waals surface area contributed by atoms with Gasteiger partial charge in [0.1, 0.15) is 0 Å². The van der Waals surface area contributed by atoms with Crippen LogP contribution in [-0.4, -0.2) is 68.3 Å². The molecule has 0 atom stereocenters. The molecule has 1 aliphatic rings. The van der Waals surface area contributed by atoms with Gasteiger partial charge in [-0.15, -0.1) is 0 Å². The Morgan fingerprint density at radius 1 is 1.03 bits per heavy atom. The zero-order valence-electron chi connectivity index (χ0n) is 18.3. The smallest absolute Gasteiger partial charge is 0.416 e. The van der Waals surface area contributed by atoms with Crippen molar-refractivity contribution in [2.24, 2.45) is 0 Å². The summed E-state index contributed by atoms with van der Waals surface area (Å²) in [6, 6.07) is 9.07. The minimum atomic E-state index is -4.38. The van der Waals surface area contributed by atoms with Crippen molar-refractivity contribution in [3.63, 3.8) is 0 Å². The topological polar surface area (TPSA) is 54.9 Å². The maximum atomic E-state index is 13.0. The molecule has 0 aliphatic carbocycles. The molecule has 4 rings (SSSR count). The third-order valence-corrected chi connectivity index (χ3v) is 5.79. The van der Waals surface area contributed by atoms with E-state index in [1.165, 1.54) is 6.07 Å². The Morgan fingerprint density at radius 2 is 1.81 bits per heavy atom. The highest BCUT2D eigenvalue weighted by Crippen LogP contribution is 2.33. The number of nitrogens with zero attached hydrogens (tertiary/aromatic N) is 2. The van der Waals surface area contributed by atoms with E-state index in [0.29, 0.717) is 35.0 Å². The summed E-state index contributed by atoms with van der Waals surface area (Å²) in [7, 11) is 3.71. The number of aromatic amines is 2. The van der Waals surface area contributed by atoms with Gasteiger partial charge >= 0.3 is 6.18 Å². The maximum absolute atomic E-state index is 13.0. The maximum Gasteiger partial charge on any atom is 0.416 e. The van der Waals surface area contributed by atoms with E-state index in [1.54, 1.807) is 7.11 Å². The molecular weight excluding hydrogens is 421 g/mol. The van der Waals surface area contributed by atoms with Crippen LogP contribution in [0, 0.1) is 0 Å². The zero-order valence-corrected chi connectivity index (χ0v) is 18.3. The molecule has 0 saturated carbocycles. The summed E-state index contributed by atoms with van der Waals surface area (Å²) in [4.78, 5) is 10.9. The number of hydrogen-bond donors (Lipinski definition) is 1. The summed E-state index contributed by atoms with van der Waals surface area (Å²) in [5, 5.41) is 0. The van der Waals surface area contributed by atoms with E-state index in [2.05, 4.69) is 26.8 Å². The van der Waals surface area contributed by atoms with Crippen molar-refractivity contribution in [2.45, 2.75) is 12.6 Å². The molecular formula is C23H28F3N4O2+. The minimum Gasteiger partial charge on any atom is -0.493 e. The largest absolute Gasteiger partial charge is 0.493 e. The summed E-state index contributed by atoms with van der Waals surface area (Å²) in [6.07, 6.45) is -3.46. The molecule has 32 heavy (non-hydrogen) atoms. The third kappa shape index (κ3) is 5.16. The molecule has 0 radical (unpaired) electrons. The average Bonchev–Trinajstić information content (AvgIpc) is 3.21. The Morgan fingerprint density at radius 3 is 2.53 bits per heavy atom. The van der Waals surface area contributed by atoms with Gasteiger partial charge < -0.3 is 19.3 Å². The number of halogens is 3. The molecule has 0 spiro atoms. The molecule has 6 nitrogen and oxygen atoms in total. The van der Waals surface area contributed by atoms with Crippen LogP contribution in [0.1, 0.15) is 12.0 Å². The van der Waals surface area contributed by atoms with Crippen molar-refractivity contribution in [3.8, 4) is 22.9 Å². The van der Waals surface area contributed by atoms with Gasteiger partial charge in [-0.2, -0.15) is 13.2 Å². The van der Waals surface area contributed by atoms with Gasteiger partial charge in [0.05, 0.1) is 24.8 Å². The molecule has 1 fully saturated rings. The lowest BCUT2D eigenvalue weighted by molar-refractivity contribution is -0.330. The van der Waals surface area contributed by atoms with Crippen molar-refractivity contribution >= 4 is 11.0 Å². The summed E-state index contributed by atoms with van der Waals surface area (Å²) >= 11 is 0. The van der Waals surface area contributed by atoms with Crippen LogP contribution in [0.5, 0.6) is 11.5 Å². The second kappa shape index (κ2) is 9.38. The van der Waals surface area contributed by atoms with E-state index in [4.69, 9.17) is 9.47 Å². The Bertz CT molecular complexity index is 1060. The van der Waals surface area contributed by atoms with E-state index >= 15 is 0 Å². The van der Waals surface area contributed by atoms with Crippen LogP contribution >= 0.6 is 0 Å². The van der Waals surface area contributed by atoms with Gasteiger partial charge in [-0.25, -0.2) is 9.97 Å². The highest BCUT2D eigenvalue weighted by atomic mass is 19.4. The van der Waals surface area contributed by atoms with Crippen LogP contribution in [-0.2, 0) is 6.18 Å². The molecule has 2 aromatic carbocycles.